The Kier molecular flexibility index (Phi) is 6.50. The second kappa shape index (κ2) is 8.45. The summed E-state index contributed by atoms with van der Waals surface area (Å²) in [7, 11) is 0.438. The first-order valence-electron chi connectivity index (χ1n) is 7.87. The number of benzene rings is 2. The van der Waals surface area contributed by atoms with Gasteiger partial charge in [0, 0.05) is 24.7 Å². The highest BCUT2D eigenvalue weighted by atomic mass is 32.2. The number of aryl methyl sites for hydroxylation is 1. The Hall–Kier alpha value is -2.52. The number of nitrogens with zero attached hydrogens (tertiary/aromatic N) is 2. The number of ether oxygens (including phenoxy) is 1. The van der Waals surface area contributed by atoms with Gasteiger partial charge in [0.25, 0.3) is 10.0 Å². The first-order valence-corrected chi connectivity index (χ1v) is 10.1. The van der Waals surface area contributed by atoms with E-state index in [0.717, 1.165) is 10.5 Å². The predicted molar refractivity (Wildman–Crippen MR) is 107 cm³/mol. The summed E-state index contributed by atoms with van der Waals surface area (Å²) >= 11 is 1.19. The van der Waals surface area contributed by atoms with E-state index in [2.05, 4.69) is 9.13 Å². The summed E-state index contributed by atoms with van der Waals surface area (Å²) < 4.78 is 33.9. The average molecular weight is 408 g/mol. The van der Waals surface area contributed by atoms with Gasteiger partial charge < -0.3 is 15.4 Å². The van der Waals surface area contributed by atoms with Crippen LogP contribution in [-0.4, -0.2) is 46.8 Å². The monoisotopic (exact) mass is 407 g/mol. The normalized spacial score (nSPS) is 11.6. The molecule has 2 aromatic carbocycles. The molecule has 0 aliphatic heterocycles. The van der Waals surface area contributed by atoms with Crippen LogP contribution in [0.3, 0.4) is 0 Å². The number of anilines is 1. The maximum absolute atomic E-state index is 12.8. The highest BCUT2D eigenvalue weighted by molar-refractivity contribution is 8.00. The van der Waals surface area contributed by atoms with Crippen LogP contribution in [0.2, 0.25) is 0 Å². The van der Waals surface area contributed by atoms with Gasteiger partial charge in [-0.15, -0.1) is 4.40 Å². The number of hydrogen-bond acceptors (Lipinski definition) is 6. The fraction of sp³-hybridized carbons (Fsp3) is 0.222. The average Bonchev–Trinajstić information content (AvgIpc) is 2.62. The van der Waals surface area contributed by atoms with E-state index in [9.17, 15) is 13.2 Å². The number of sulfonamides is 1. The summed E-state index contributed by atoms with van der Waals surface area (Å²) in [6.07, 6.45) is 1.18. The quantitative estimate of drug-likeness (QED) is 0.340. The van der Waals surface area contributed by atoms with E-state index in [1.54, 1.807) is 14.1 Å². The number of methoxy groups -OCH3 is 1. The van der Waals surface area contributed by atoms with Gasteiger partial charge in [0.1, 0.15) is 11.2 Å². The number of nitrogen functional groups attached to an aromatic ring is 1. The molecule has 0 bridgehead atoms. The second-order valence-corrected chi connectivity index (χ2v) is 8.64. The Morgan fingerprint density at radius 3 is 2.41 bits per heavy atom. The molecule has 0 aliphatic carbocycles. The fourth-order valence-electron chi connectivity index (χ4n) is 2.10. The maximum atomic E-state index is 12.8. The largest absolute Gasteiger partial charge is 0.465 e. The third kappa shape index (κ3) is 5.24. The van der Waals surface area contributed by atoms with E-state index in [-0.39, 0.29) is 16.1 Å². The molecule has 0 unspecified atom stereocenters. The van der Waals surface area contributed by atoms with Crippen LogP contribution < -0.4 is 5.73 Å². The Bertz CT molecular complexity index is 969. The molecule has 144 valence electrons. The van der Waals surface area contributed by atoms with Crippen molar-refractivity contribution in [3.05, 3.63) is 47.5 Å². The molecule has 2 N–H and O–H groups in total. The molecule has 0 saturated heterocycles. The van der Waals surface area contributed by atoms with Crippen molar-refractivity contribution in [2.24, 2.45) is 4.40 Å². The summed E-state index contributed by atoms with van der Waals surface area (Å²) in [5, 5.41) is 0. The Balaban J connectivity index is 2.63. The van der Waals surface area contributed by atoms with Crippen molar-refractivity contribution >= 4 is 39.8 Å². The van der Waals surface area contributed by atoms with Crippen molar-refractivity contribution in [3.8, 4) is 0 Å². The molecular formula is C18H21N3O4S2. The van der Waals surface area contributed by atoms with Crippen molar-refractivity contribution in [1.29, 1.82) is 0 Å². The third-order valence-electron chi connectivity index (χ3n) is 3.44. The molecule has 2 rings (SSSR count). The zero-order valence-corrected chi connectivity index (χ0v) is 17.1. The van der Waals surface area contributed by atoms with E-state index < -0.39 is 16.0 Å². The van der Waals surface area contributed by atoms with Gasteiger partial charge in [-0.05, 0) is 31.2 Å². The van der Waals surface area contributed by atoms with Crippen LogP contribution in [0.4, 0.5) is 5.69 Å². The molecule has 0 heterocycles. The molecule has 7 nitrogen and oxygen atoms in total. The first-order chi connectivity index (χ1) is 12.6. The van der Waals surface area contributed by atoms with E-state index >= 15 is 0 Å². The first kappa shape index (κ1) is 20.8. The molecule has 9 heteroatoms. The fourth-order valence-corrected chi connectivity index (χ4v) is 4.44. The number of nitrogens with two attached hydrogens (primary N) is 1. The van der Waals surface area contributed by atoms with E-state index in [1.807, 2.05) is 31.2 Å². The molecule has 0 fully saturated rings. The van der Waals surface area contributed by atoms with Gasteiger partial charge in [-0.25, -0.2) is 4.79 Å². The van der Waals surface area contributed by atoms with Gasteiger partial charge in [0.15, 0.2) is 0 Å². The van der Waals surface area contributed by atoms with Crippen LogP contribution in [0.1, 0.15) is 15.9 Å². The number of carbonyl (C=O) groups is 1. The lowest BCUT2D eigenvalue weighted by molar-refractivity contribution is 0.0600. The SMILES string of the molecule is COC(=O)c1cc(N)c(Sc2ccc(C)cc2)c(S(=O)(=O)N=CN(C)C)c1. The van der Waals surface area contributed by atoms with Crippen LogP contribution in [0.25, 0.3) is 0 Å². The molecule has 27 heavy (non-hydrogen) atoms. The van der Waals surface area contributed by atoms with Crippen LogP contribution in [0.5, 0.6) is 0 Å². The lowest BCUT2D eigenvalue weighted by Gasteiger charge is -2.13. The number of rotatable bonds is 6. The minimum absolute atomic E-state index is 0.0434. The lowest BCUT2D eigenvalue weighted by Crippen LogP contribution is -2.12. The molecule has 0 aromatic heterocycles. The predicted octanol–water partition coefficient (Wildman–Crippen LogP) is 2.79. The van der Waals surface area contributed by atoms with Crippen LogP contribution in [-0.2, 0) is 14.8 Å². The van der Waals surface area contributed by atoms with E-state index in [1.165, 1.54) is 42.2 Å². The minimum atomic E-state index is -4.08. The molecule has 0 spiro atoms. The van der Waals surface area contributed by atoms with Crippen molar-refractivity contribution in [1.82, 2.24) is 4.90 Å². The topological polar surface area (TPSA) is 102 Å². The Morgan fingerprint density at radius 1 is 1.22 bits per heavy atom. The molecule has 0 radical (unpaired) electrons. The van der Waals surface area contributed by atoms with Gasteiger partial charge in [0.05, 0.1) is 17.6 Å². The van der Waals surface area contributed by atoms with Crippen LogP contribution in [0, 0.1) is 6.92 Å². The van der Waals surface area contributed by atoms with Crippen molar-refractivity contribution < 1.29 is 17.9 Å². The van der Waals surface area contributed by atoms with Crippen molar-refractivity contribution in [2.45, 2.75) is 21.6 Å². The standard InChI is InChI=1S/C18H21N3O4S2/c1-12-5-7-14(8-6-12)26-17-15(19)9-13(18(22)25-4)10-16(17)27(23,24)20-11-21(2)3/h5-11H,19H2,1-4H3. The van der Waals surface area contributed by atoms with Crippen LogP contribution >= 0.6 is 11.8 Å². The molecule has 0 aliphatic rings. The summed E-state index contributed by atoms with van der Waals surface area (Å²) in [6, 6.07) is 10.2. The summed E-state index contributed by atoms with van der Waals surface area (Å²) in [5.74, 6) is -0.679. The zero-order valence-electron chi connectivity index (χ0n) is 15.5. The highest BCUT2D eigenvalue weighted by Crippen LogP contribution is 2.39. The minimum Gasteiger partial charge on any atom is -0.465 e. The van der Waals surface area contributed by atoms with E-state index in [4.69, 9.17) is 5.73 Å². The summed E-state index contributed by atoms with van der Waals surface area (Å²) in [4.78, 5) is 14.4. The van der Waals surface area contributed by atoms with Gasteiger partial charge in [-0.3, -0.25) is 0 Å². The molecule has 0 atom stereocenters. The van der Waals surface area contributed by atoms with Gasteiger partial charge in [-0.1, -0.05) is 29.5 Å². The summed E-state index contributed by atoms with van der Waals surface area (Å²) in [6.45, 7) is 1.96. The second-order valence-electron chi connectivity index (χ2n) is 5.96. The molecule has 0 saturated carbocycles. The summed E-state index contributed by atoms with van der Waals surface area (Å²) in [5.41, 5.74) is 7.37. The molecule has 2 aromatic rings. The highest BCUT2D eigenvalue weighted by Gasteiger charge is 2.24. The molecule has 0 amide bonds. The van der Waals surface area contributed by atoms with Crippen LogP contribution in [0.15, 0.2) is 55.5 Å². The Labute approximate surface area is 163 Å². The van der Waals surface area contributed by atoms with E-state index in [0.29, 0.717) is 4.90 Å². The van der Waals surface area contributed by atoms with Crippen molar-refractivity contribution in [2.75, 3.05) is 26.9 Å². The number of esters is 1. The zero-order chi connectivity index (χ0) is 20.2. The van der Waals surface area contributed by atoms with Crippen molar-refractivity contribution in [3.63, 3.8) is 0 Å². The van der Waals surface area contributed by atoms with Gasteiger partial charge in [-0.2, -0.15) is 8.42 Å². The van der Waals surface area contributed by atoms with Gasteiger partial charge >= 0.3 is 5.97 Å². The molecular weight excluding hydrogens is 386 g/mol. The third-order valence-corrected chi connectivity index (χ3v) is 5.99. The van der Waals surface area contributed by atoms with Gasteiger partial charge in [0.2, 0.25) is 0 Å². The number of hydrogen-bond donors (Lipinski definition) is 1. The lowest BCUT2D eigenvalue weighted by atomic mass is 10.2. The number of carbonyl (C=O) groups excluding carboxylic acids is 1. The Morgan fingerprint density at radius 2 is 1.85 bits per heavy atom. The maximum Gasteiger partial charge on any atom is 0.337 e. The smallest absolute Gasteiger partial charge is 0.337 e.